The Labute approximate surface area is 111 Å². The van der Waals surface area contributed by atoms with Gasteiger partial charge in [-0.3, -0.25) is 0 Å². The minimum Gasteiger partial charge on any atom is -0.308 e. The molecule has 0 fully saturated rings. The molecule has 1 heterocycles. The van der Waals surface area contributed by atoms with Gasteiger partial charge < -0.3 is 5.32 Å². The third kappa shape index (κ3) is 2.39. The highest BCUT2D eigenvalue weighted by atomic mass is 32.2. The van der Waals surface area contributed by atoms with E-state index in [1.165, 1.54) is 6.92 Å². The highest BCUT2D eigenvalue weighted by molar-refractivity contribution is 7.92. The molecule has 0 aliphatic carbocycles. The normalized spacial score (nSPS) is 25.4. The Morgan fingerprint density at radius 3 is 2.42 bits per heavy atom. The zero-order chi connectivity index (χ0) is 14.4. The largest absolute Gasteiger partial charge is 0.308 e. The number of halogens is 2. The van der Waals surface area contributed by atoms with Crippen LogP contribution in [0.25, 0.3) is 0 Å². The van der Waals surface area contributed by atoms with Crippen molar-refractivity contribution >= 4 is 9.84 Å². The van der Waals surface area contributed by atoms with E-state index >= 15 is 0 Å². The van der Waals surface area contributed by atoms with Crippen molar-refractivity contribution in [3.8, 4) is 0 Å². The monoisotopic (exact) mass is 289 g/mol. The number of fused-ring (bicyclic) bond motifs is 1. The van der Waals surface area contributed by atoms with Crippen LogP contribution in [0.5, 0.6) is 0 Å². The average Bonchev–Trinajstić information content (AvgIpc) is 2.28. The third-order valence-electron chi connectivity index (χ3n) is 3.36. The van der Waals surface area contributed by atoms with E-state index in [1.807, 2.05) is 13.8 Å². The molecule has 0 saturated heterocycles. The fourth-order valence-electron chi connectivity index (χ4n) is 2.49. The fourth-order valence-corrected chi connectivity index (χ4v) is 4.23. The van der Waals surface area contributed by atoms with E-state index in [0.717, 1.165) is 12.1 Å². The molecule has 1 N–H and O–H groups in total. The van der Waals surface area contributed by atoms with Crippen molar-refractivity contribution in [3.63, 3.8) is 0 Å². The molecular formula is C13H17F2NO2S. The maximum atomic E-state index is 14.0. The Hall–Kier alpha value is -1.01. The van der Waals surface area contributed by atoms with Gasteiger partial charge in [0.15, 0.2) is 9.84 Å². The zero-order valence-corrected chi connectivity index (χ0v) is 11.9. The van der Waals surface area contributed by atoms with Gasteiger partial charge in [0.2, 0.25) is 0 Å². The lowest BCUT2D eigenvalue weighted by Gasteiger charge is -2.32. The van der Waals surface area contributed by atoms with Crippen LogP contribution in [-0.4, -0.2) is 19.7 Å². The second kappa shape index (κ2) is 4.83. The third-order valence-corrected chi connectivity index (χ3v) is 5.60. The SMILES string of the molecule is CC(C)NC1CC(C)S(=O)(=O)c2c(F)ccc(F)c21. The minimum absolute atomic E-state index is 0.0496. The first-order valence-corrected chi connectivity index (χ1v) is 7.77. The Bertz CT molecular complexity index is 599. The summed E-state index contributed by atoms with van der Waals surface area (Å²) < 4.78 is 52.2. The summed E-state index contributed by atoms with van der Waals surface area (Å²) in [7, 11) is -3.80. The highest BCUT2D eigenvalue weighted by Gasteiger charge is 2.40. The van der Waals surface area contributed by atoms with Crippen molar-refractivity contribution in [2.75, 3.05) is 0 Å². The van der Waals surface area contributed by atoms with Gasteiger partial charge >= 0.3 is 0 Å². The first-order valence-electron chi connectivity index (χ1n) is 6.23. The van der Waals surface area contributed by atoms with Gasteiger partial charge in [0.25, 0.3) is 0 Å². The van der Waals surface area contributed by atoms with Crippen LogP contribution in [0.1, 0.15) is 38.8 Å². The molecule has 0 saturated carbocycles. The fraction of sp³-hybridized carbons (Fsp3) is 0.538. The second-order valence-corrected chi connectivity index (χ2v) is 7.54. The quantitative estimate of drug-likeness (QED) is 0.910. The molecule has 0 aromatic heterocycles. The standard InChI is InChI=1S/C13H17F2NO2S/c1-7(2)16-11-6-8(3)19(17,18)13-10(15)5-4-9(14)12(11)13/h4-5,7-8,11,16H,6H2,1-3H3. The van der Waals surface area contributed by atoms with Gasteiger partial charge in [0, 0.05) is 17.6 Å². The maximum Gasteiger partial charge on any atom is 0.184 e. The number of sulfone groups is 1. The van der Waals surface area contributed by atoms with Gasteiger partial charge in [0.05, 0.1) is 5.25 Å². The van der Waals surface area contributed by atoms with E-state index in [-0.39, 0.29) is 18.0 Å². The summed E-state index contributed by atoms with van der Waals surface area (Å²) in [4.78, 5) is -0.482. The van der Waals surface area contributed by atoms with Crippen LogP contribution in [-0.2, 0) is 9.84 Å². The average molecular weight is 289 g/mol. The first-order chi connectivity index (χ1) is 8.75. The molecule has 1 aliphatic rings. The number of benzene rings is 1. The van der Waals surface area contributed by atoms with Crippen LogP contribution in [0.4, 0.5) is 8.78 Å². The number of rotatable bonds is 2. The van der Waals surface area contributed by atoms with Crippen molar-refractivity contribution in [3.05, 3.63) is 29.3 Å². The van der Waals surface area contributed by atoms with Crippen LogP contribution >= 0.6 is 0 Å². The summed E-state index contributed by atoms with van der Waals surface area (Å²) >= 11 is 0. The van der Waals surface area contributed by atoms with Crippen molar-refractivity contribution in [2.24, 2.45) is 0 Å². The predicted molar refractivity (Wildman–Crippen MR) is 68.6 cm³/mol. The topological polar surface area (TPSA) is 46.2 Å². The van der Waals surface area contributed by atoms with E-state index < -0.39 is 37.7 Å². The molecule has 0 spiro atoms. The molecular weight excluding hydrogens is 272 g/mol. The van der Waals surface area contributed by atoms with Crippen molar-refractivity contribution in [1.29, 1.82) is 0 Å². The summed E-state index contributed by atoms with van der Waals surface area (Å²) in [6.45, 7) is 5.28. The van der Waals surface area contributed by atoms with Crippen LogP contribution < -0.4 is 5.32 Å². The molecule has 0 radical (unpaired) electrons. The molecule has 2 unspecified atom stereocenters. The summed E-state index contributed by atoms with van der Waals surface area (Å²) in [5, 5.41) is 2.37. The molecule has 1 aliphatic heterocycles. The van der Waals surface area contributed by atoms with E-state index in [2.05, 4.69) is 5.32 Å². The highest BCUT2D eigenvalue weighted by Crippen LogP contribution is 2.39. The molecule has 1 aromatic rings. The van der Waals surface area contributed by atoms with Gasteiger partial charge in [-0.2, -0.15) is 0 Å². The van der Waals surface area contributed by atoms with Gasteiger partial charge in [-0.15, -0.1) is 0 Å². The number of hydrogen-bond donors (Lipinski definition) is 1. The smallest absolute Gasteiger partial charge is 0.184 e. The van der Waals surface area contributed by atoms with Crippen LogP contribution in [0, 0.1) is 11.6 Å². The molecule has 0 amide bonds. The van der Waals surface area contributed by atoms with Crippen LogP contribution in [0.2, 0.25) is 0 Å². The van der Waals surface area contributed by atoms with Crippen molar-refractivity contribution < 1.29 is 17.2 Å². The number of nitrogens with one attached hydrogen (secondary N) is 1. The summed E-state index contributed by atoms with van der Waals surface area (Å²) in [5.41, 5.74) is -0.0631. The van der Waals surface area contributed by atoms with Crippen LogP contribution in [0.3, 0.4) is 0 Å². The molecule has 19 heavy (non-hydrogen) atoms. The molecule has 6 heteroatoms. The molecule has 2 atom stereocenters. The molecule has 106 valence electrons. The maximum absolute atomic E-state index is 14.0. The Kier molecular flexibility index (Phi) is 3.66. The van der Waals surface area contributed by atoms with Gasteiger partial charge in [0.1, 0.15) is 16.5 Å². The Balaban J connectivity index is 2.68. The van der Waals surface area contributed by atoms with Gasteiger partial charge in [-0.25, -0.2) is 17.2 Å². The van der Waals surface area contributed by atoms with E-state index in [4.69, 9.17) is 0 Å². The molecule has 3 nitrogen and oxygen atoms in total. The van der Waals surface area contributed by atoms with Crippen molar-refractivity contribution in [2.45, 2.75) is 49.4 Å². The molecule has 0 bridgehead atoms. The Morgan fingerprint density at radius 1 is 1.26 bits per heavy atom. The minimum atomic E-state index is -3.80. The van der Waals surface area contributed by atoms with Crippen molar-refractivity contribution in [1.82, 2.24) is 5.32 Å². The lowest BCUT2D eigenvalue weighted by molar-refractivity contribution is 0.402. The van der Waals surface area contributed by atoms with Gasteiger partial charge in [-0.05, 0) is 25.5 Å². The second-order valence-electron chi connectivity index (χ2n) is 5.24. The molecule has 1 aromatic carbocycles. The Morgan fingerprint density at radius 2 is 1.84 bits per heavy atom. The first kappa shape index (κ1) is 14.4. The molecule has 2 rings (SSSR count). The van der Waals surface area contributed by atoms with E-state index in [9.17, 15) is 17.2 Å². The summed E-state index contributed by atoms with van der Waals surface area (Å²) in [6.07, 6.45) is 0.244. The predicted octanol–water partition coefficient (Wildman–Crippen LogP) is 2.57. The summed E-state index contributed by atoms with van der Waals surface area (Å²) in [6, 6.07) is 1.42. The number of hydrogen-bond acceptors (Lipinski definition) is 3. The van der Waals surface area contributed by atoms with Gasteiger partial charge in [-0.1, -0.05) is 13.8 Å². The lowest BCUT2D eigenvalue weighted by atomic mass is 9.99. The zero-order valence-electron chi connectivity index (χ0n) is 11.1. The van der Waals surface area contributed by atoms with E-state index in [1.54, 1.807) is 0 Å². The lowest BCUT2D eigenvalue weighted by Crippen LogP contribution is -2.38. The van der Waals surface area contributed by atoms with Crippen LogP contribution in [0.15, 0.2) is 17.0 Å². The summed E-state index contributed by atoms with van der Waals surface area (Å²) in [5.74, 6) is -1.55. The van der Waals surface area contributed by atoms with E-state index in [0.29, 0.717) is 0 Å².